The molecule has 2 nitrogen and oxygen atoms in total. The molecule has 0 saturated heterocycles. The third kappa shape index (κ3) is 2.99. The van der Waals surface area contributed by atoms with Crippen LogP contribution in [-0.2, 0) is 0 Å². The number of hydrogen-bond acceptors (Lipinski definition) is 2. The lowest BCUT2D eigenvalue weighted by atomic mass is 10.1. The lowest BCUT2D eigenvalue weighted by molar-refractivity contribution is 0.414. The predicted molar refractivity (Wildman–Crippen MR) is 83.8 cm³/mol. The van der Waals surface area contributed by atoms with Crippen LogP contribution in [0.5, 0.6) is 5.75 Å². The molecule has 0 spiro atoms. The third-order valence-corrected chi connectivity index (χ3v) is 3.38. The van der Waals surface area contributed by atoms with Crippen LogP contribution in [-0.4, -0.2) is 12.0 Å². The highest BCUT2D eigenvalue weighted by molar-refractivity contribution is 9.11. The third-order valence-electron chi connectivity index (χ3n) is 2.92. The first kappa shape index (κ1) is 13.7. The summed E-state index contributed by atoms with van der Waals surface area (Å²) < 4.78 is 6.21. The highest BCUT2D eigenvalue weighted by Crippen LogP contribution is 2.30. The molecular formula is C16H16BrNO. The summed E-state index contributed by atoms with van der Waals surface area (Å²) in [6, 6.07) is 8.00. The zero-order valence-electron chi connectivity index (χ0n) is 11.1. The van der Waals surface area contributed by atoms with Crippen LogP contribution >= 0.6 is 15.9 Å². The summed E-state index contributed by atoms with van der Waals surface area (Å²) in [5, 5.41) is 0. The molecule has 1 heterocycles. The summed E-state index contributed by atoms with van der Waals surface area (Å²) in [5.74, 6) is 0.855. The molecule has 1 aliphatic heterocycles. The average molecular weight is 318 g/mol. The fourth-order valence-electron chi connectivity index (χ4n) is 1.94. The summed E-state index contributed by atoms with van der Waals surface area (Å²) in [7, 11) is 1.67. The molecule has 1 aliphatic rings. The summed E-state index contributed by atoms with van der Waals surface area (Å²) >= 11 is 3.49. The Bertz CT molecular complexity index is 567. The lowest BCUT2D eigenvalue weighted by Crippen LogP contribution is -2.15. The van der Waals surface area contributed by atoms with E-state index in [9.17, 15) is 0 Å². The van der Waals surface area contributed by atoms with Crippen molar-refractivity contribution in [2.24, 2.45) is 0 Å². The Morgan fingerprint density at radius 1 is 1.26 bits per heavy atom. The average Bonchev–Trinajstić information content (AvgIpc) is 2.44. The number of halogens is 1. The van der Waals surface area contributed by atoms with Crippen molar-refractivity contribution in [2.75, 3.05) is 7.11 Å². The number of allylic oxidation sites excluding steroid dienone is 4. The molecule has 0 radical (unpaired) electrons. The molecule has 0 unspecified atom stereocenters. The van der Waals surface area contributed by atoms with Crippen LogP contribution in [0.15, 0.2) is 65.5 Å². The summed E-state index contributed by atoms with van der Waals surface area (Å²) in [6.07, 6.45) is 8.06. The van der Waals surface area contributed by atoms with Gasteiger partial charge in [-0.15, -0.1) is 0 Å². The van der Waals surface area contributed by atoms with Gasteiger partial charge in [0.2, 0.25) is 0 Å². The van der Waals surface area contributed by atoms with E-state index < -0.39 is 0 Å². The maximum absolute atomic E-state index is 5.18. The topological polar surface area (TPSA) is 12.5 Å². The van der Waals surface area contributed by atoms with Crippen molar-refractivity contribution in [3.05, 3.63) is 71.0 Å². The van der Waals surface area contributed by atoms with Crippen LogP contribution in [0.25, 0.3) is 5.70 Å². The predicted octanol–water partition coefficient (Wildman–Crippen LogP) is 4.68. The number of ether oxygens (including phenoxy) is 1. The molecule has 3 heteroatoms. The minimum Gasteiger partial charge on any atom is -0.497 e. The van der Waals surface area contributed by atoms with Gasteiger partial charge >= 0.3 is 0 Å². The quantitative estimate of drug-likeness (QED) is 0.802. The second-order valence-electron chi connectivity index (χ2n) is 4.11. The first-order valence-corrected chi connectivity index (χ1v) is 6.79. The van der Waals surface area contributed by atoms with E-state index in [0.29, 0.717) is 0 Å². The first-order chi connectivity index (χ1) is 9.15. The Balaban J connectivity index is 2.35. The SMILES string of the molecule is C=C1C=CC(Br)=CN1/C(=C\C)c1ccc(OC)cc1. The zero-order chi connectivity index (χ0) is 13.8. The molecule has 19 heavy (non-hydrogen) atoms. The minimum atomic E-state index is 0.855. The molecule has 0 aliphatic carbocycles. The maximum atomic E-state index is 5.18. The van der Waals surface area contributed by atoms with Gasteiger partial charge in [0.25, 0.3) is 0 Å². The Kier molecular flexibility index (Phi) is 4.27. The molecule has 98 valence electrons. The smallest absolute Gasteiger partial charge is 0.118 e. The van der Waals surface area contributed by atoms with Crippen molar-refractivity contribution in [1.29, 1.82) is 0 Å². The van der Waals surface area contributed by atoms with Crippen LogP contribution in [0.1, 0.15) is 12.5 Å². The van der Waals surface area contributed by atoms with Gasteiger partial charge in [0.1, 0.15) is 5.75 Å². The van der Waals surface area contributed by atoms with Crippen molar-refractivity contribution < 1.29 is 4.74 Å². The second kappa shape index (κ2) is 5.93. The van der Waals surface area contributed by atoms with E-state index in [-0.39, 0.29) is 0 Å². The van der Waals surface area contributed by atoms with E-state index in [1.54, 1.807) is 7.11 Å². The number of rotatable bonds is 3. The molecule has 0 atom stereocenters. The molecule has 2 rings (SSSR count). The molecule has 0 fully saturated rings. The first-order valence-electron chi connectivity index (χ1n) is 6.00. The Morgan fingerprint density at radius 3 is 2.53 bits per heavy atom. The summed E-state index contributed by atoms with van der Waals surface area (Å²) in [5.41, 5.74) is 3.15. The van der Waals surface area contributed by atoms with Crippen LogP contribution in [0.4, 0.5) is 0 Å². The summed E-state index contributed by atoms with van der Waals surface area (Å²) in [4.78, 5) is 2.06. The molecule has 0 saturated carbocycles. The molecule has 0 amide bonds. The Hall–Kier alpha value is -1.74. The van der Waals surface area contributed by atoms with E-state index in [0.717, 1.165) is 27.2 Å². The van der Waals surface area contributed by atoms with Crippen molar-refractivity contribution >= 4 is 21.6 Å². The minimum absolute atomic E-state index is 0.855. The highest BCUT2D eigenvalue weighted by atomic mass is 79.9. The lowest BCUT2D eigenvalue weighted by Gasteiger charge is -2.27. The monoisotopic (exact) mass is 317 g/mol. The van der Waals surface area contributed by atoms with Crippen LogP contribution < -0.4 is 4.74 Å². The van der Waals surface area contributed by atoms with Crippen molar-refractivity contribution in [1.82, 2.24) is 4.90 Å². The van der Waals surface area contributed by atoms with Crippen molar-refractivity contribution in [2.45, 2.75) is 6.92 Å². The molecule has 0 aromatic heterocycles. The van der Waals surface area contributed by atoms with Gasteiger partial charge in [0, 0.05) is 22.1 Å². The van der Waals surface area contributed by atoms with Gasteiger partial charge in [-0.2, -0.15) is 0 Å². The summed E-state index contributed by atoms with van der Waals surface area (Å²) in [6.45, 7) is 6.09. The number of methoxy groups -OCH3 is 1. The number of hydrogen-bond donors (Lipinski definition) is 0. The van der Waals surface area contributed by atoms with Gasteiger partial charge < -0.3 is 9.64 Å². The van der Waals surface area contributed by atoms with E-state index in [4.69, 9.17) is 4.74 Å². The second-order valence-corrected chi connectivity index (χ2v) is 5.03. The molecular weight excluding hydrogens is 302 g/mol. The Labute approximate surface area is 122 Å². The van der Waals surface area contributed by atoms with Gasteiger partial charge in [-0.3, -0.25) is 0 Å². The van der Waals surface area contributed by atoms with Crippen LogP contribution in [0.2, 0.25) is 0 Å². The molecule has 0 N–H and O–H groups in total. The standard InChI is InChI=1S/C16H16BrNO/c1-4-16(13-6-9-15(19-3)10-7-13)18-11-14(17)8-5-12(18)2/h4-11H,2H2,1,3H3/b16-4-. The number of nitrogens with zero attached hydrogens (tertiary/aromatic N) is 1. The van der Waals surface area contributed by atoms with Gasteiger partial charge in [0.05, 0.1) is 7.11 Å². The van der Waals surface area contributed by atoms with E-state index in [1.165, 1.54) is 0 Å². The van der Waals surface area contributed by atoms with Crippen molar-refractivity contribution in [3.63, 3.8) is 0 Å². The fourth-order valence-corrected chi connectivity index (χ4v) is 2.27. The maximum Gasteiger partial charge on any atom is 0.118 e. The normalized spacial score (nSPS) is 15.5. The molecule has 1 aromatic carbocycles. The van der Waals surface area contributed by atoms with Crippen LogP contribution in [0.3, 0.4) is 0 Å². The van der Waals surface area contributed by atoms with E-state index in [1.807, 2.05) is 49.5 Å². The van der Waals surface area contributed by atoms with Gasteiger partial charge in [-0.25, -0.2) is 0 Å². The Morgan fingerprint density at radius 2 is 1.95 bits per heavy atom. The van der Waals surface area contributed by atoms with Gasteiger partial charge in [0.15, 0.2) is 0 Å². The van der Waals surface area contributed by atoms with E-state index >= 15 is 0 Å². The van der Waals surface area contributed by atoms with Gasteiger partial charge in [-0.1, -0.05) is 12.7 Å². The number of benzene rings is 1. The van der Waals surface area contributed by atoms with Crippen molar-refractivity contribution in [3.8, 4) is 5.75 Å². The van der Waals surface area contributed by atoms with Gasteiger partial charge in [-0.05, 0) is 64.8 Å². The highest BCUT2D eigenvalue weighted by Gasteiger charge is 2.14. The molecule has 1 aromatic rings. The molecule has 0 bridgehead atoms. The zero-order valence-corrected chi connectivity index (χ0v) is 12.6. The largest absolute Gasteiger partial charge is 0.497 e. The van der Waals surface area contributed by atoms with Crippen LogP contribution in [0, 0.1) is 0 Å². The fraction of sp³-hybridized carbons (Fsp3) is 0.125. The van der Waals surface area contributed by atoms with E-state index in [2.05, 4.69) is 33.5 Å².